The summed E-state index contributed by atoms with van der Waals surface area (Å²) in [4.78, 5) is 10.6. The maximum absolute atomic E-state index is 10.6. The van der Waals surface area contributed by atoms with Crippen molar-refractivity contribution >= 4 is 17.5 Å². The lowest BCUT2D eigenvalue weighted by Crippen LogP contribution is -2.11. The third-order valence-electron chi connectivity index (χ3n) is 2.16. The Labute approximate surface area is 89.1 Å². The molecule has 1 amide bonds. The lowest BCUT2D eigenvalue weighted by molar-refractivity contribution is -0.117. The molecule has 0 saturated heterocycles. The number of aryl methyl sites for hydroxylation is 3. The zero-order valence-electron chi connectivity index (χ0n) is 8.43. The molecule has 0 aromatic heterocycles. The first kappa shape index (κ1) is 11.1. The van der Waals surface area contributed by atoms with Crippen LogP contribution in [-0.2, 0) is 11.2 Å². The van der Waals surface area contributed by atoms with E-state index in [1.165, 1.54) is 0 Å². The van der Waals surface area contributed by atoms with Gasteiger partial charge >= 0.3 is 0 Å². The molecule has 1 rings (SSSR count). The van der Waals surface area contributed by atoms with Crippen molar-refractivity contribution in [3.63, 3.8) is 0 Å². The van der Waals surface area contributed by atoms with Crippen LogP contribution in [0.3, 0.4) is 0 Å². The van der Waals surface area contributed by atoms with E-state index in [-0.39, 0.29) is 5.91 Å². The van der Waals surface area contributed by atoms with E-state index in [0.717, 1.165) is 21.7 Å². The fraction of sp³-hybridized carbons (Fsp3) is 0.364. The van der Waals surface area contributed by atoms with Gasteiger partial charge in [0.25, 0.3) is 0 Å². The topological polar surface area (TPSA) is 43.1 Å². The summed E-state index contributed by atoms with van der Waals surface area (Å²) in [5.41, 5.74) is 8.29. The number of rotatable bonds is 3. The van der Waals surface area contributed by atoms with Gasteiger partial charge in [0.2, 0.25) is 5.91 Å². The number of nitrogens with two attached hydrogens (primary N) is 1. The van der Waals surface area contributed by atoms with Gasteiger partial charge in [-0.05, 0) is 37.0 Å². The van der Waals surface area contributed by atoms with E-state index >= 15 is 0 Å². The second-order valence-electron chi connectivity index (χ2n) is 3.51. The van der Waals surface area contributed by atoms with Crippen LogP contribution in [0.5, 0.6) is 0 Å². The van der Waals surface area contributed by atoms with Crippen molar-refractivity contribution in [1.29, 1.82) is 0 Å². The predicted molar refractivity (Wildman–Crippen MR) is 58.4 cm³/mol. The molecule has 0 bridgehead atoms. The van der Waals surface area contributed by atoms with Gasteiger partial charge in [0.15, 0.2) is 0 Å². The smallest absolute Gasteiger partial charge is 0.217 e. The number of primary amides is 1. The SMILES string of the molecule is Cc1cc(CCC(N)=O)cc(C)c1Cl. The summed E-state index contributed by atoms with van der Waals surface area (Å²) in [7, 11) is 0. The normalized spacial score (nSPS) is 10.2. The van der Waals surface area contributed by atoms with Crippen molar-refractivity contribution in [2.75, 3.05) is 0 Å². The zero-order valence-corrected chi connectivity index (χ0v) is 9.19. The largest absolute Gasteiger partial charge is 0.370 e. The minimum absolute atomic E-state index is 0.268. The highest BCUT2D eigenvalue weighted by molar-refractivity contribution is 6.32. The molecule has 0 aliphatic carbocycles. The molecule has 3 heteroatoms. The van der Waals surface area contributed by atoms with Crippen LogP contribution in [0.25, 0.3) is 0 Å². The second kappa shape index (κ2) is 4.47. The number of halogens is 1. The number of hydrogen-bond donors (Lipinski definition) is 1. The van der Waals surface area contributed by atoms with Crippen LogP contribution in [0.2, 0.25) is 5.02 Å². The molecule has 0 unspecified atom stereocenters. The van der Waals surface area contributed by atoms with Crippen LogP contribution in [0, 0.1) is 13.8 Å². The molecule has 2 nitrogen and oxygen atoms in total. The van der Waals surface area contributed by atoms with Gasteiger partial charge in [0.1, 0.15) is 0 Å². The monoisotopic (exact) mass is 211 g/mol. The molecule has 1 aromatic carbocycles. The van der Waals surface area contributed by atoms with E-state index in [1.807, 2.05) is 26.0 Å². The second-order valence-corrected chi connectivity index (χ2v) is 3.89. The Hall–Kier alpha value is -1.02. The standard InChI is InChI=1S/C11H14ClNO/c1-7-5-9(3-4-10(13)14)6-8(2)11(7)12/h5-6H,3-4H2,1-2H3,(H2,13,14). The molecular formula is C11H14ClNO. The molecule has 0 aliphatic rings. The summed E-state index contributed by atoms with van der Waals surface area (Å²) >= 11 is 6.02. The molecule has 0 fully saturated rings. The van der Waals surface area contributed by atoms with Crippen LogP contribution < -0.4 is 5.73 Å². The lowest BCUT2D eigenvalue weighted by atomic mass is 10.0. The van der Waals surface area contributed by atoms with Crippen LogP contribution in [-0.4, -0.2) is 5.91 Å². The first-order valence-corrected chi connectivity index (χ1v) is 4.92. The van der Waals surface area contributed by atoms with Gasteiger partial charge in [-0.3, -0.25) is 4.79 Å². The van der Waals surface area contributed by atoms with Gasteiger partial charge in [-0.25, -0.2) is 0 Å². The highest BCUT2D eigenvalue weighted by Gasteiger charge is 2.03. The number of benzene rings is 1. The Morgan fingerprint density at radius 2 is 1.86 bits per heavy atom. The maximum Gasteiger partial charge on any atom is 0.217 e. The minimum atomic E-state index is -0.268. The van der Waals surface area contributed by atoms with Crippen LogP contribution >= 0.6 is 11.6 Å². The number of carbonyl (C=O) groups is 1. The minimum Gasteiger partial charge on any atom is -0.370 e. The van der Waals surface area contributed by atoms with E-state index in [9.17, 15) is 4.79 Å². The van der Waals surface area contributed by atoms with Gasteiger partial charge < -0.3 is 5.73 Å². The zero-order chi connectivity index (χ0) is 10.7. The Bertz CT molecular complexity index is 337. The van der Waals surface area contributed by atoms with Crippen LogP contribution in [0.1, 0.15) is 23.1 Å². The molecule has 76 valence electrons. The third-order valence-corrected chi connectivity index (χ3v) is 2.75. The van der Waals surface area contributed by atoms with Gasteiger partial charge in [0, 0.05) is 11.4 Å². The van der Waals surface area contributed by atoms with Crippen molar-refractivity contribution in [2.24, 2.45) is 5.73 Å². The van der Waals surface area contributed by atoms with E-state index in [1.54, 1.807) is 0 Å². The Balaban J connectivity index is 2.84. The molecule has 0 aliphatic heterocycles. The highest BCUT2D eigenvalue weighted by Crippen LogP contribution is 2.22. The molecule has 0 radical (unpaired) electrons. The molecule has 0 saturated carbocycles. The molecule has 0 heterocycles. The van der Waals surface area contributed by atoms with Crippen molar-refractivity contribution in [1.82, 2.24) is 0 Å². The quantitative estimate of drug-likeness (QED) is 0.820. The average molecular weight is 212 g/mol. The summed E-state index contributed by atoms with van der Waals surface area (Å²) in [6.45, 7) is 3.92. The van der Waals surface area contributed by atoms with Crippen LogP contribution in [0.4, 0.5) is 0 Å². The number of amides is 1. The summed E-state index contributed by atoms with van der Waals surface area (Å²) in [5, 5.41) is 0.799. The lowest BCUT2D eigenvalue weighted by Gasteiger charge is -2.06. The van der Waals surface area contributed by atoms with Gasteiger partial charge in [-0.1, -0.05) is 23.7 Å². The number of hydrogen-bond acceptors (Lipinski definition) is 1. The van der Waals surface area contributed by atoms with Crippen molar-refractivity contribution in [3.05, 3.63) is 33.8 Å². The summed E-state index contributed by atoms with van der Waals surface area (Å²) in [5.74, 6) is -0.268. The van der Waals surface area contributed by atoms with E-state index in [0.29, 0.717) is 12.8 Å². The average Bonchev–Trinajstić information content (AvgIpc) is 2.10. The maximum atomic E-state index is 10.6. The molecule has 0 spiro atoms. The molecular weight excluding hydrogens is 198 g/mol. The third kappa shape index (κ3) is 2.74. The van der Waals surface area contributed by atoms with Gasteiger partial charge in [-0.15, -0.1) is 0 Å². The molecule has 0 atom stereocenters. The Morgan fingerprint density at radius 3 is 2.29 bits per heavy atom. The summed E-state index contributed by atoms with van der Waals surface area (Å²) in [6, 6.07) is 4.00. The fourth-order valence-corrected chi connectivity index (χ4v) is 1.56. The van der Waals surface area contributed by atoms with Crippen molar-refractivity contribution in [2.45, 2.75) is 26.7 Å². The van der Waals surface area contributed by atoms with Gasteiger partial charge in [-0.2, -0.15) is 0 Å². The summed E-state index contributed by atoms with van der Waals surface area (Å²) < 4.78 is 0. The van der Waals surface area contributed by atoms with Crippen molar-refractivity contribution in [3.8, 4) is 0 Å². The summed E-state index contributed by atoms with van der Waals surface area (Å²) in [6.07, 6.45) is 1.08. The number of carbonyl (C=O) groups excluding carboxylic acids is 1. The van der Waals surface area contributed by atoms with Crippen molar-refractivity contribution < 1.29 is 4.79 Å². The van der Waals surface area contributed by atoms with Crippen LogP contribution in [0.15, 0.2) is 12.1 Å². The van der Waals surface area contributed by atoms with E-state index < -0.39 is 0 Å². The Morgan fingerprint density at radius 1 is 1.36 bits per heavy atom. The van der Waals surface area contributed by atoms with E-state index in [2.05, 4.69) is 0 Å². The first-order valence-electron chi connectivity index (χ1n) is 4.54. The predicted octanol–water partition coefficient (Wildman–Crippen LogP) is 2.37. The fourth-order valence-electron chi connectivity index (χ4n) is 1.45. The molecule has 1 aromatic rings. The van der Waals surface area contributed by atoms with Gasteiger partial charge in [0.05, 0.1) is 0 Å². The highest BCUT2D eigenvalue weighted by atomic mass is 35.5. The molecule has 2 N–H and O–H groups in total. The molecule has 14 heavy (non-hydrogen) atoms. The first-order chi connectivity index (χ1) is 6.50. The Kier molecular flexibility index (Phi) is 3.53. The van der Waals surface area contributed by atoms with E-state index in [4.69, 9.17) is 17.3 Å².